The zero-order chi connectivity index (χ0) is 20.6. The Bertz CT molecular complexity index is 797. The summed E-state index contributed by atoms with van der Waals surface area (Å²) in [5, 5.41) is 5.99. The van der Waals surface area contributed by atoms with E-state index in [0.29, 0.717) is 13.1 Å². The summed E-state index contributed by atoms with van der Waals surface area (Å²) in [6, 6.07) is 17.7. The highest BCUT2D eigenvalue weighted by atomic mass is 16.2. The average molecular weight is 396 g/mol. The van der Waals surface area contributed by atoms with Gasteiger partial charge >= 0.3 is 0 Å². The zero-order valence-corrected chi connectivity index (χ0v) is 17.3. The molecule has 154 valence electrons. The van der Waals surface area contributed by atoms with Gasteiger partial charge in [-0.05, 0) is 29.8 Å². The highest BCUT2D eigenvalue weighted by molar-refractivity contribution is 5.92. The molecule has 0 spiro atoms. The van der Waals surface area contributed by atoms with Crippen LogP contribution < -0.4 is 20.4 Å². The number of para-hydroxylation sites is 1. The number of quaternary nitrogens is 1. The van der Waals surface area contributed by atoms with E-state index >= 15 is 0 Å². The highest BCUT2D eigenvalue weighted by Gasteiger charge is 2.28. The molecule has 1 heterocycles. The first kappa shape index (κ1) is 20.9. The van der Waals surface area contributed by atoms with Gasteiger partial charge in [0, 0.05) is 50.8 Å². The van der Waals surface area contributed by atoms with Crippen molar-refractivity contribution in [1.29, 1.82) is 0 Å². The number of hydrogen-bond acceptors (Lipinski definition) is 3. The number of nitrogens with one attached hydrogen (secondary N) is 3. The summed E-state index contributed by atoms with van der Waals surface area (Å²) in [6.07, 6.45) is 1.63. The van der Waals surface area contributed by atoms with Gasteiger partial charge in [-0.3, -0.25) is 9.59 Å². The van der Waals surface area contributed by atoms with E-state index in [1.807, 2.05) is 56.6 Å². The van der Waals surface area contributed by atoms with E-state index in [1.165, 1.54) is 4.90 Å². The van der Waals surface area contributed by atoms with Crippen LogP contribution in [-0.4, -0.2) is 45.5 Å². The molecular weight excluding hydrogens is 364 g/mol. The third-order valence-corrected chi connectivity index (χ3v) is 5.46. The quantitative estimate of drug-likeness (QED) is 0.662. The molecule has 3 rings (SSSR count). The molecule has 1 aliphatic rings. The third kappa shape index (κ3) is 6.32. The van der Waals surface area contributed by atoms with Crippen molar-refractivity contribution in [2.45, 2.75) is 19.4 Å². The van der Waals surface area contributed by atoms with Crippen LogP contribution in [-0.2, 0) is 16.1 Å². The van der Waals surface area contributed by atoms with Crippen LogP contribution in [0, 0.1) is 5.92 Å². The van der Waals surface area contributed by atoms with Gasteiger partial charge in [-0.25, -0.2) is 0 Å². The van der Waals surface area contributed by atoms with Crippen LogP contribution in [0.4, 0.5) is 11.4 Å². The Morgan fingerprint density at radius 3 is 2.28 bits per heavy atom. The van der Waals surface area contributed by atoms with Crippen molar-refractivity contribution in [3.8, 4) is 0 Å². The van der Waals surface area contributed by atoms with Gasteiger partial charge in [0.1, 0.15) is 0 Å². The minimum absolute atomic E-state index is 0.0252. The minimum Gasteiger partial charge on any atom is -0.378 e. The smallest absolute Gasteiger partial charge is 0.275 e. The maximum Gasteiger partial charge on any atom is 0.275 e. The molecule has 2 aromatic carbocycles. The Balaban J connectivity index is 1.37. The van der Waals surface area contributed by atoms with Gasteiger partial charge in [0.25, 0.3) is 5.91 Å². The zero-order valence-electron chi connectivity index (χ0n) is 17.3. The molecule has 1 fully saturated rings. The molecule has 0 atom stereocenters. The maximum atomic E-state index is 12.4. The second-order valence-electron chi connectivity index (χ2n) is 7.89. The number of amides is 2. The lowest BCUT2D eigenvalue weighted by Crippen LogP contribution is -3.14. The number of carbonyl (C=O) groups is 2. The lowest BCUT2D eigenvalue weighted by molar-refractivity contribution is -0.897. The van der Waals surface area contributed by atoms with Gasteiger partial charge in [0.05, 0.1) is 13.1 Å². The van der Waals surface area contributed by atoms with Crippen molar-refractivity contribution in [2.24, 2.45) is 5.92 Å². The summed E-state index contributed by atoms with van der Waals surface area (Å²) in [4.78, 5) is 28.0. The number of nitrogens with zero attached hydrogens (tertiary/aromatic N) is 1. The first-order valence-corrected chi connectivity index (χ1v) is 10.2. The lowest BCUT2D eigenvalue weighted by Gasteiger charge is -2.28. The fourth-order valence-electron chi connectivity index (χ4n) is 3.63. The predicted molar refractivity (Wildman–Crippen MR) is 116 cm³/mol. The van der Waals surface area contributed by atoms with Gasteiger partial charge in [-0.15, -0.1) is 0 Å². The van der Waals surface area contributed by atoms with Gasteiger partial charge < -0.3 is 20.4 Å². The summed E-state index contributed by atoms with van der Waals surface area (Å²) in [5.41, 5.74) is 3.07. The predicted octanol–water partition coefficient (Wildman–Crippen LogP) is 1.30. The molecule has 0 saturated carbocycles. The van der Waals surface area contributed by atoms with Crippen LogP contribution in [0.2, 0.25) is 0 Å². The molecule has 0 aromatic heterocycles. The second-order valence-corrected chi connectivity index (χ2v) is 7.89. The van der Waals surface area contributed by atoms with Crippen LogP contribution >= 0.6 is 0 Å². The number of piperidine rings is 1. The van der Waals surface area contributed by atoms with Crippen molar-refractivity contribution < 1.29 is 14.5 Å². The molecular formula is C23H31N4O2+. The van der Waals surface area contributed by atoms with E-state index in [2.05, 4.69) is 27.7 Å². The monoisotopic (exact) mass is 395 g/mol. The summed E-state index contributed by atoms with van der Waals surface area (Å²) in [6.45, 7) is 2.69. The molecule has 0 unspecified atom stereocenters. The summed E-state index contributed by atoms with van der Waals surface area (Å²) in [7, 11) is 4.02. The van der Waals surface area contributed by atoms with Crippen molar-refractivity contribution in [2.75, 3.05) is 43.9 Å². The SMILES string of the molecule is CN(C)c1ccc(CNC(=O)C[NH+]2CCC(C(=O)Nc3ccccc3)CC2)cc1. The molecule has 1 saturated heterocycles. The fourth-order valence-corrected chi connectivity index (χ4v) is 3.63. The number of anilines is 2. The summed E-state index contributed by atoms with van der Waals surface area (Å²) < 4.78 is 0. The molecule has 2 amide bonds. The molecule has 0 aliphatic carbocycles. The van der Waals surface area contributed by atoms with E-state index in [4.69, 9.17) is 0 Å². The Morgan fingerprint density at radius 2 is 1.66 bits per heavy atom. The van der Waals surface area contributed by atoms with Crippen LogP contribution in [0.3, 0.4) is 0 Å². The van der Waals surface area contributed by atoms with Gasteiger partial charge in [-0.2, -0.15) is 0 Å². The van der Waals surface area contributed by atoms with Crippen LogP contribution in [0.5, 0.6) is 0 Å². The van der Waals surface area contributed by atoms with Crippen molar-refractivity contribution >= 4 is 23.2 Å². The standard InChI is InChI=1S/C23H30N4O2/c1-26(2)21-10-8-18(9-11-21)16-24-22(28)17-27-14-12-19(13-15-27)23(29)25-20-6-4-3-5-7-20/h3-11,19H,12-17H2,1-2H3,(H,24,28)(H,25,29)/p+1. The van der Waals surface area contributed by atoms with Gasteiger partial charge in [-0.1, -0.05) is 30.3 Å². The fraction of sp³-hybridized carbons (Fsp3) is 0.391. The largest absolute Gasteiger partial charge is 0.378 e. The summed E-state index contributed by atoms with van der Waals surface area (Å²) >= 11 is 0. The molecule has 6 heteroatoms. The minimum atomic E-state index is 0.0252. The molecule has 0 radical (unpaired) electrons. The van der Waals surface area contributed by atoms with Crippen molar-refractivity contribution in [1.82, 2.24) is 5.32 Å². The molecule has 2 aromatic rings. The summed E-state index contributed by atoms with van der Waals surface area (Å²) in [5.74, 6) is 0.168. The van der Waals surface area contributed by atoms with Crippen molar-refractivity contribution in [3.63, 3.8) is 0 Å². The van der Waals surface area contributed by atoms with E-state index in [0.717, 1.165) is 42.9 Å². The van der Waals surface area contributed by atoms with Crippen LogP contribution in [0.1, 0.15) is 18.4 Å². The maximum absolute atomic E-state index is 12.4. The second kappa shape index (κ2) is 10.1. The lowest BCUT2D eigenvalue weighted by atomic mass is 9.96. The third-order valence-electron chi connectivity index (χ3n) is 5.46. The highest BCUT2D eigenvalue weighted by Crippen LogP contribution is 2.14. The number of benzene rings is 2. The van der Waals surface area contributed by atoms with E-state index in [1.54, 1.807) is 0 Å². The first-order valence-electron chi connectivity index (χ1n) is 10.2. The molecule has 3 N–H and O–H groups in total. The average Bonchev–Trinajstić information content (AvgIpc) is 2.74. The molecule has 1 aliphatic heterocycles. The topological polar surface area (TPSA) is 65.9 Å². The molecule has 6 nitrogen and oxygen atoms in total. The molecule has 0 bridgehead atoms. The van der Waals surface area contributed by atoms with Crippen LogP contribution in [0.15, 0.2) is 54.6 Å². The Kier molecular flexibility index (Phi) is 7.25. The number of likely N-dealkylation sites (tertiary alicyclic amines) is 1. The van der Waals surface area contributed by atoms with E-state index in [9.17, 15) is 9.59 Å². The van der Waals surface area contributed by atoms with E-state index in [-0.39, 0.29) is 17.7 Å². The Morgan fingerprint density at radius 1 is 1.00 bits per heavy atom. The van der Waals surface area contributed by atoms with Crippen molar-refractivity contribution in [3.05, 3.63) is 60.2 Å². The number of rotatable bonds is 7. The van der Waals surface area contributed by atoms with E-state index < -0.39 is 0 Å². The van der Waals surface area contributed by atoms with Gasteiger partial charge in [0.15, 0.2) is 6.54 Å². The van der Waals surface area contributed by atoms with Crippen LogP contribution in [0.25, 0.3) is 0 Å². The molecule has 29 heavy (non-hydrogen) atoms. The van der Waals surface area contributed by atoms with Gasteiger partial charge in [0.2, 0.25) is 5.91 Å². The Labute approximate surface area is 172 Å². The number of hydrogen-bond donors (Lipinski definition) is 3. The normalized spacial score (nSPS) is 18.7. The Hall–Kier alpha value is -2.86. The number of carbonyl (C=O) groups excluding carboxylic acids is 2. The first-order chi connectivity index (χ1) is 14.0.